The van der Waals surface area contributed by atoms with Crippen molar-refractivity contribution in [3.05, 3.63) is 18.1 Å². The van der Waals surface area contributed by atoms with E-state index in [1.54, 1.807) is 6.20 Å². The van der Waals surface area contributed by atoms with Crippen molar-refractivity contribution in [3.63, 3.8) is 0 Å². The van der Waals surface area contributed by atoms with Crippen molar-refractivity contribution in [2.45, 2.75) is 32.2 Å². The zero-order valence-corrected chi connectivity index (χ0v) is 8.95. The topological polar surface area (TPSA) is 63.8 Å². The average Bonchev–Trinajstić information content (AvgIpc) is 2.22. The number of nitrogens with one attached hydrogen (secondary N) is 1. The van der Waals surface area contributed by atoms with E-state index in [1.807, 2.05) is 6.07 Å². The van der Waals surface area contributed by atoms with Gasteiger partial charge < -0.3 is 11.1 Å². The fraction of sp³-hybridized carbons (Fsp3) is 0.636. The van der Waals surface area contributed by atoms with Gasteiger partial charge in [-0.25, -0.2) is 9.97 Å². The Morgan fingerprint density at radius 2 is 2.33 bits per heavy atom. The molecule has 82 valence electrons. The van der Waals surface area contributed by atoms with Crippen LogP contribution in [0.3, 0.4) is 0 Å². The standard InChI is InChI=1S/C11H18N4/c12-8-11-14-7-5-10(15-11)13-6-4-9-2-1-3-9/h5,7,9H,1-4,6,8,12H2,(H,13,14,15). The third-order valence-corrected chi connectivity index (χ3v) is 2.97. The van der Waals surface area contributed by atoms with Crippen molar-refractivity contribution < 1.29 is 0 Å². The van der Waals surface area contributed by atoms with Crippen LogP contribution in [0.25, 0.3) is 0 Å². The molecule has 0 unspecified atom stereocenters. The monoisotopic (exact) mass is 206 g/mol. The number of hydrogen-bond acceptors (Lipinski definition) is 4. The summed E-state index contributed by atoms with van der Waals surface area (Å²) >= 11 is 0. The molecule has 0 aromatic carbocycles. The van der Waals surface area contributed by atoms with Crippen LogP contribution in [0.2, 0.25) is 0 Å². The van der Waals surface area contributed by atoms with Gasteiger partial charge in [0, 0.05) is 12.7 Å². The lowest BCUT2D eigenvalue weighted by molar-refractivity contribution is 0.303. The molecule has 3 N–H and O–H groups in total. The fourth-order valence-corrected chi connectivity index (χ4v) is 1.78. The minimum absolute atomic E-state index is 0.401. The van der Waals surface area contributed by atoms with Gasteiger partial charge in [0.15, 0.2) is 0 Å². The minimum Gasteiger partial charge on any atom is -0.370 e. The molecule has 1 aliphatic carbocycles. The molecule has 0 atom stereocenters. The number of aromatic nitrogens is 2. The highest BCUT2D eigenvalue weighted by atomic mass is 15.0. The van der Waals surface area contributed by atoms with E-state index < -0.39 is 0 Å². The van der Waals surface area contributed by atoms with Gasteiger partial charge in [-0.2, -0.15) is 0 Å². The molecule has 0 bridgehead atoms. The van der Waals surface area contributed by atoms with Crippen molar-refractivity contribution in [2.24, 2.45) is 11.7 Å². The Morgan fingerprint density at radius 3 is 3.00 bits per heavy atom. The Kier molecular flexibility index (Phi) is 3.50. The molecule has 0 radical (unpaired) electrons. The van der Waals surface area contributed by atoms with E-state index >= 15 is 0 Å². The molecule has 4 heteroatoms. The Bertz CT molecular complexity index is 309. The average molecular weight is 206 g/mol. The summed E-state index contributed by atoms with van der Waals surface area (Å²) in [5.74, 6) is 2.53. The molecule has 0 spiro atoms. The normalized spacial score (nSPS) is 16.1. The molecular formula is C11H18N4. The molecule has 1 aromatic heterocycles. The third kappa shape index (κ3) is 2.89. The molecule has 2 rings (SSSR count). The molecule has 0 aliphatic heterocycles. The van der Waals surface area contributed by atoms with Crippen LogP contribution in [-0.2, 0) is 6.54 Å². The zero-order chi connectivity index (χ0) is 10.5. The van der Waals surface area contributed by atoms with Crippen LogP contribution < -0.4 is 11.1 Å². The summed E-state index contributed by atoms with van der Waals surface area (Å²) in [7, 11) is 0. The van der Waals surface area contributed by atoms with E-state index in [2.05, 4.69) is 15.3 Å². The van der Waals surface area contributed by atoms with Crippen molar-refractivity contribution in [3.8, 4) is 0 Å². The SMILES string of the molecule is NCc1nccc(NCCC2CCC2)n1. The summed E-state index contributed by atoms with van der Waals surface area (Å²) < 4.78 is 0. The predicted octanol–water partition coefficient (Wildman–Crippen LogP) is 1.54. The first-order valence-corrected chi connectivity index (χ1v) is 5.64. The van der Waals surface area contributed by atoms with Gasteiger partial charge in [0.25, 0.3) is 0 Å². The van der Waals surface area contributed by atoms with Gasteiger partial charge in [0.2, 0.25) is 0 Å². The maximum atomic E-state index is 5.47. The van der Waals surface area contributed by atoms with Crippen LogP contribution in [-0.4, -0.2) is 16.5 Å². The van der Waals surface area contributed by atoms with Crippen molar-refractivity contribution >= 4 is 5.82 Å². The molecule has 0 amide bonds. The Labute approximate surface area is 90.3 Å². The van der Waals surface area contributed by atoms with Crippen LogP contribution in [0.4, 0.5) is 5.82 Å². The molecule has 1 heterocycles. The molecular weight excluding hydrogens is 188 g/mol. The minimum atomic E-state index is 0.401. The molecule has 1 aliphatic rings. The van der Waals surface area contributed by atoms with E-state index in [4.69, 9.17) is 5.73 Å². The van der Waals surface area contributed by atoms with Gasteiger partial charge in [-0.15, -0.1) is 0 Å². The van der Waals surface area contributed by atoms with Crippen LogP contribution >= 0.6 is 0 Å². The molecule has 1 aromatic rings. The number of nitrogens with zero attached hydrogens (tertiary/aromatic N) is 2. The molecule has 1 saturated carbocycles. The van der Waals surface area contributed by atoms with Gasteiger partial charge in [-0.05, 0) is 18.4 Å². The predicted molar refractivity (Wildman–Crippen MR) is 60.4 cm³/mol. The smallest absolute Gasteiger partial charge is 0.144 e. The van der Waals surface area contributed by atoms with Gasteiger partial charge >= 0.3 is 0 Å². The van der Waals surface area contributed by atoms with Crippen LogP contribution in [0.1, 0.15) is 31.5 Å². The van der Waals surface area contributed by atoms with E-state index in [9.17, 15) is 0 Å². The molecule has 15 heavy (non-hydrogen) atoms. The molecule has 4 nitrogen and oxygen atoms in total. The lowest BCUT2D eigenvalue weighted by Gasteiger charge is -2.25. The second-order valence-electron chi connectivity index (χ2n) is 4.07. The first kappa shape index (κ1) is 10.4. The highest BCUT2D eigenvalue weighted by molar-refractivity contribution is 5.32. The first-order chi connectivity index (χ1) is 7.38. The quantitative estimate of drug-likeness (QED) is 0.767. The number of anilines is 1. The Balaban J connectivity index is 1.76. The largest absolute Gasteiger partial charge is 0.370 e. The maximum Gasteiger partial charge on any atom is 0.144 e. The van der Waals surface area contributed by atoms with Crippen LogP contribution in [0.15, 0.2) is 12.3 Å². The van der Waals surface area contributed by atoms with Crippen molar-refractivity contribution in [1.29, 1.82) is 0 Å². The summed E-state index contributed by atoms with van der Waals surface area (Å²) in [4.78, 5) is 8.34. The summed E-state index contributed by atoms with van der Waals surface area (Å²) in [6.07, 6.45) is 7.22. The first-order valence-electron chi connectivity index (χ1n) is 5.64. The van der Waals surface area contributed by atoms with Crippen molar-refractivity contribution in [2.75, 3.05) is 11.9 Å². The van der Waals surface area contributed by atoms with Gasteiger partial charge in [-0.1, -0.05) is 19.3 Å². The number of hydrogen-bond donors (Lipinski definition) is 2. The van der Waals surface area contributed by atoms with Crippen LogP contribution in [0.5, 0.6) is 0 Å². The van der Waals surface area contributed by atoms with E-state index in [-0.39, 0.29) is 0 Å². The Hall–Kier alpha value is -1.16. The number of rotatable bonds is 5. The number of nitrogens with two attached hydrogens (primary N) is 1. The molecule has 0 saturated heterocycles. The fourth-order valence-electron chi connectivity index (χ4n) is 1.78. The zero-order valence-electron chi connectivity index (χ0n) is 8.95. The highest BCUT2D eigenvalue weighted by Crippen LogP contribution is 2.28. The lowest BCUT2D eigenvalue weighted by atomic mass is 9.83. The van der Waals surface area contributed by atoms with Gasteiger partial charge in [0.05, 0.1) is 6.54 Å². The molecule has 1 fully saturated rings. The third-order valence-electron chi connectivity index (χ3n) is 2.97. The Morgan fingerprint density at radius 1 is 1.47 bits per heavy atom. The second kappa shape index (κ2) is 5.07. The summed E-state index contributed by atoms with van der Waals surface area (Å²) in [6, 6.07) is 1.89. The van der Waals surface area contributed by atoms with Gasteiger partial charge in [-0.3, -0.25) is 0 Å². The lowest BCUT2D eigenvalue weighted by Crippen LogP contribution is -2.16. The summed E-state index contributed by atoms with van der Waals surface area (Å²) in [5.41, 5.74) is 5.47. The van der Waals surface area contributed by atoms with E-state index in [1.165, 1.54) is 25.7 Å². The van der Waals surface area contributed by atoms with Crippen LogP contribution in [0, 0.1) is 5.92 Å². The van der Waals surface area contributed by atoms with Crippen molar-refractivity contribution in [1.82, 2.24) is 9.97 Å². The highest BCUT2D eigenvalue weighted by Gasteiger charge is 2.16. The van der Waals surface area contributed by atoms with E-state index in [0.717, 1.165) is 18.3 Å². The van der Waals surface area contributed by atoms with E-state index in [0.29, 0.717) is 12.4 Å². The van der Waals surface area contributed by atoms with Gasteiger partial charge in [0.1, 0.15) is 11.6 Å². The second-order valence-corrected chi connectivity index (χ2v) is 4.07. The summed E-state index contributed by atoms with van der Waals surface area (Å²) in [5, 5.41) is 3.31. The maximum absolute atomic E-state index is 5.47. The summed E-state index contributed by atoms with van der Waals surface area (Å²) in [6.45, 7) is 1.41.